The van der Waals surface area contributed by atoms with Crippen LogP contribution in [0.3, 0.4) is 0 Å². The summed E-state index contributed by atoms with van der Waals surface area (Å²) in [5.74, 6) is 1.79. The fraction of sp³-hybridized carbons (Fsp3) is 0.524. The predicted molar refractivity (Wildman–Crippen MR) is 136 cm³/mol. The van der Waals surface area contributed by atoms with Gasteiger partial charge < -0.3 is 20.7 Å². The summed E-state index contributed by atoms with van der Waals surface area (Å²) in [4.78, 5) is 12.5. The first kappa shape index (κ1) is 24.8. The van der Waals surface area contributed by atoms with Gasteiger partial charge in [0.25, 0.3) is 0 Å². The molecule has 1 fully saturated rings. The molecule has 0 aliphatic carbocycles. The van der Waals surface area contributed by atoms with E-state index >= 15 is 0 Å². The van der Waals surface area contributed by atoms with Crippen molar-refractivity contribution >= 4 is 47.1 Å². The van der Waals surface area contributed by atoms with E-state index in [9.17, 15) is 0 Å². The number of unbranched alkanes of at least 4 members (excludes halogenated alkanes) is 1. The monoisotopic (exact) mass is 544 g/mol. The van der Waals surface area contributed by atoms with Crippen LogP contribution in [-0.2, 0) is 4.74 Å². The van der Waals surface area contributed by atoms with E-state index in [-0.39, 0.29) is 24.0 Å². The van der Waals surface area contributed by atoms with E-state index in [1.165, 1.54) is 4.88 Å². The molecule has 2 aromatic rings. The Morgan fingerprint density at radius 1 is 1.17 bits per heavy atom. The second kappa shape index (κ2) is 14.6. The average Bonchev–Trinajstić information content (AvgIpc) is 3.31. The van der Waals surface area contributed by atoms with Crippen molar-refractivity contribution in [3.05, 3.63) is 46.8 Å². The van der Waals surface area contributed by atoms with Crippen molar-refractivity contribution in [3.8, 4) is 0 Å². The van der Waals surface area contributed by atoms with E-state index in [1.54, 1.807) is 6.20 Å². The maximum Gasteiger partial charge on any atom is 0.191 e. The lowest BCUT2D eigenvalue weighted by Crippen LogP contribution is -2.46. The van der Waals surface area contributed by atoms with Crippen LogP contribution in [0.1, 0.15) is 23.8 Å². The first-order valence-electron chi connectivity index (χ1n) is 10.3. The highest BCUT2D eigenvalue weighted by Crippen LogP contribution is 2.25. The first-order valence-corrected chi connectivity index (χ1v) is 11.2. The number of ether oxygens (including phenoxy) is 1. The Balaban J connectivity index is 0.00000320. The third kappa shape index (κ3) is 8.37. The van der Waals surface area contributed by atoms with Crippen molar-refractivity contribution in [2.75, 3.05) is 58.3 Å². The molecular weight excluding hydrogens is 511 g/mol. The number of guanidine groups is 1. The highest BCUT2D eigenvalue weighted by atomic mass is 127. The van der Waals surface area contributed by atoms with Gasteiger partial charge in [0.05, 0.1) is 19.3 Å². The minimum atomic E-state index is 0. The maximum absolute atomic E-state index is 5.52. The van der Waals surface area contributed by atoms with Crippen molar-refractivity contribution in [1.82, 2.24) is 20.5 Å². The van der Waals surface area contributed by atoms with E-state index in [2.05, 4.69) is 48.3 Å². The number of hydrogen-bond acceptors (Lipinski definition) is 6. The number of anilines is 1. The Morgan fingerprint density at radius 2 is 2.00 bits per heavy atom. The minimum absolute atomic E-state index is 0. The summed E-state index contributed by atoms with van der Waals surface area (Å²) in [5, 5.41) is 12.4. The molecular formula is C21H33IN6OS. The topological polar surface area (TPSA) is 73.8 Å². The normalized spacial score (nSPS) is 15.8. The first-order chi connectivity index (χ1) is 14.4. The number of nitrogens with one attached hydrogen (secondary N) is 3. The van der Waals surface area contributed by atoms with Crippen LogP contribution in [0.25, 0.3) is 0 Å². The molecule has 7 nitrogen and oxygen atoms in total. The van der Waals surface area contributed by atoms with Gasteiger partial charge in [-0.25, -0.2) is 4.98 Å². The lowest BCUT2D eigenvalue weighted by Gasteiger charge is -2.34. The van der Waals surface area contributed by atoms with E-state index in [0.29, 0.717) is 6.04 Å². The molecule has 3 N–H and O–H groups in total. The zero-order chi connectivity index (χ0) is 20.2. The Morgan fingerprint density at radius 3 is 2.70 bits per heavy atom. The molecule has 2 aromatic heterocycles. The molecule has 0 saturated carbocycles. The number of halogens is 1. The molecule has 30 heavy (non-hydrogen) atoms. The highest BCUT2D eigenvalue weighted by Gasteiger charge is 2.23. The van der Waals surface area contributed by atoms with Crippen molar-refractivity contribution in [2.24, 2.45) is 4.99 Å². The third-order valence-corrected chi connectivity index (χ3v) is 5.89. The fourth-order valence-corrected chi connectivity index (χ4v) is 4.20. The molecule has 0 radical (unpaired) electrons. The lowest BCUT2D eigenvalue weighted by molar-refractivity contribution is 0.0177. The molecule has 9 heteroatoms. The van der Waals surface area contributed by atoms with Gasteiger partial charge in [0.1, 0.15) is 5.82 Å². The summed E-state index contributed by atoms with van der Waals surface area (Å²) in [5.41, 5.74) is 0. The van der Waals surface area contributed by atoms with E-state index in [1.807, 2.05) is 36.6 Å². The van der Waals surface area contributed by atoms with Gasteiger partial charge >= 0.3 is 0 Å². The summed E-state index contributed by atoms with van der Waals surface area (Å²) >= 11 is 1.81. The number of aliphatic imine (C=N–C) groups is 1. The van der Waals surface area contributed by atoms with Crippen LogP contribution in [0, 0.1) is 0 Å². The van der Waals surface area contributed by atoms with Gasteiger partial charge in [0.15, 0.2) is 5.96 Å². The van der Waals surface area contributed by atoms with Gasteiger partial charge in [-0.1, -0.05) is 12.1 Å². The second-order valence-corrected chi connectivity index (χ2v) is 7.89. The number of nitrogens with zero attached hydrogens (tertiary/aromatic N) is 3. The van der Waals surface area contributed by atoms with E-state index in [0.717, 1.165) is 70.6 Å². The number of pyridine rings is 1. The smallest absolute Gasteiger partial charge is 0.191 e. The molecule has 1 aliphatic heterocycles. The molecule has 3 rings (SSSR count). The zero-order valence-electron chi connectivity index (χ0n) is 17.5. The zero-order valence-corrected chi connectivity index (χ0v) is 20.7. The predicted octanol–water partition coefficient (Wildman–Crippen LogP) is 3.19. The van der Waals surface area contributed by atoms with Crippen LogP contribution in [-0.4, -0.2) is 68.8 Å². The second-order valence-electron chi connectivity index (χ2n) is 6.91. The fourth-order valence-electron chi connectivity index (χ4n) is 3.33. The number of morpholine rings is 1. The van der Waals surface area contributed by atoms with Crippen LogP contribution in [0.2, 0.25) is 0 Å². The quantitative estimate of drug-likeness (QED) is 0.185. The maximum atomic E-state index is 5.52. The third-order valence-electron chi connectivity index (χ3n) is 4.91. The molecule has 1 unspecified atom stereocenters. The van der Waals surface area contributed by atoms with Crippen molar-refractivity contribution < 1.29 is 4.74 Å². The number of thiophene rings is 1. The summed E-state index contributed by atoms with van der Waals surface area (Å²) in [6, 6.07) is 10.6. The summed E-state index contributed by atoms with van der Waals surface area (Å²) in [6.07, 6.45) is 3.95. The van der Waals surface area contributed by atoms with Crippen LogP contribution in [0.5, 0.6) is 0 Å². The summed E-state index contributed by atoms with van der Waals surface area (Å²) < 4.78 is 5.52. The largest absolute Gasteiger partial charge is 0.379 e. The van der Waals surface area contributed by atoms with Gasteiger partial charge in [-0.15, -0.1) is 35.3 Å². The molecule has 0 amide bonds. The Hall–Kier alpha value is -1.43. The minimum Gasteiger partial charge on any atom is -0.379 e. The number of hydrogen-bond donors (Lipinski definition) is 3. The van der Waals surface area contributed by atoms with Gasteiger partial charge in [0, 0.05) is 50.8 Å². The van der Waals surface area contributed by atoms with Gasteiger partial charge in [-0.3, -0.25) is 9.89 Å². The molecule has 1 atom stereocenters. The molecule has 166 valence electrons. The van der Waals surface area contributed by atoms with Crippen LogP contribution < -0.4 is 16.0 Å². The van der Waals surface area contributed by atoms with Crippen molar-refractivity contribution in [3.63, 3.8) is 0 Å². The molecule has 0 spiro atoms. The van der Waals surface area contributed by atoms with Crippen LogP contribution in [0.4, 0.5) is 5.82 Å². The van der Waals surface area contributed by atoms with Crippen molar-refractivity contribution in [2.45, 2.75) is 18.9 Å². The Labute approximate surface area is 200 Å². The van der Waals surface area contributed by atoms with Gasteiger partial charge in [0.2, 0.25) is 0 Å². The molecule has 3 heterocycles. The van der Waals surface area contributed by atoms with Gasteiger partial charge in [-0.2, -0.15) is 0 Å². The average molecular weight is 545 g/mol. The van der Waals surface area contributed by atoms with Crippen LogP contribution in [0.15, 0.2) is 46.9 Å². The Kier molecular flexibility index (Phi) is 12.0. The highest BCUT2D eigenvalue weighted by molar-refractivity contribution is 14.0. The SMILES string of the molecule is CN=C(NCCCCNc1ccccn1)NCC(c1cccs1)N1CCOCC1.I. The van der Waals surface area contributed by atoms with Gasteiger partial charge in [-0.05, 0) is 36.4 Å². The lowest BCUT2D eigenvalue weighted by atomic mass is 10.2. The number of rotatable bonds is 10. The summed E-state index contributed by atoms with van der Waals surface area (Å²) in [7, 11) is 1.83. The van der Waals surface area contributed by atoms with E-state index in [4.69, 9.17) is 4.74 Å². The molecule has 1 saturated heterocycles. The number of aromatic nitrogens is 1. The molecule has 0 aromatic carbocycles. The molecule has 0 bridgehead atoms. The summed E-state index contributed by atoms with van der Waals surface area (Å²) in [6.45, 7) is 6.20. The van der Waals surface area contributed by atoms with Crippen molar-refractivity contribution in [1.29, 1.82) is 0 Å². The standard InChI is InChI=1S/C21H32N6OS.HI/c1-22-21(25-11-5-4-10-24-20-8-2-3-9-23-20)26-17-18(19-7-6-16-29-19)27-12-14-28-15-13-27;/h2-3,6-9,16,18H,4-5,10-15,17H2,1H3,(H,23,24)(H2,22,25,26);1H. The Bertz CT molecular complexity index is 710. The van der Waals surface area contributed by atoms with E-state index < -0.39 is 0 Å². The van der Waals surface area contributed by atoms with Crippen LogP contribution >= 0.6 is 35.3 Å². The molecule has 1 aliphatic rings.